The molecule has 8 heteroatoms. The van der Waals surface area contributed by atoms with Gasteiger partial charge in [-0.3, -0.25) is 4.90 Å². The van der Waals surface area contributed by atoms with Crippen LogP contribution in [0, 0.1) is 5.82 Å². The molecule has 1 atom stereocenters. The number of benzene rings is 1. The van der Waals surface area contributed by atoms with Gasteiger partial charge in [-0.2, -0.15) is 0 Å². The molecule has 0 aliphatic carbocycles. The van der Waals surface area contributed by atoms with Crippen LogP contribution in [0.25, 0.3) is 0 Å². The van der Waals surface area contributed by atoms with E-state index in [2.05, 4.69) is 9.62 Å². The van der Waals surface area contributed by atoms with Crippen molar-refractivity contribution in [1.29, 1.82) is 0 Å². The summed E-state index contributed by atoms with van der Waals surface area (Å²) in [5.41, 5.74) is 0. The first-order valence-electron chi connectivity index (χ1n) is 8.67. The Kier molecular flexibility index (Phi) is 6.29. The molecule has 1 aliphatic heterocycles. The number of nitrogens with one attached hydrogen (secondary N) is 1. The van der Waals surface area contributed by atoms with Gasteiger partial charge in [0.15, 0.2) is 0 Å². The fraction of sp³-hybridized carbons (Fsp3) is 0.444. The monoisotopic (exact) mass is 382 g/mol. The van der Waals surface area contributed by atoms with Crippen LogP contribution in [0.4, 0.5) is 4.39 Å². The molecule has 1 aromatic carbocycles. The van der Waals surface area contributed by atoms with Gasteiger partial charge in [-0.05, 0) is 62.3 Å². The first kappa shape index (κ1) is 18.9. The Morgan fingerprint density at radius 2 is 1.92 bits per heavy atom. The Balaban J connectivity index is 1.51. The summed E-state index contributed by atoms with van der Waals surface area (Å²) in [7, 11) is -3.49. The zero-order chi connectivity index (χ0) is 18.4. The fourth-order valence-electron chi connectivity index (χ4n) is 3.02. The van der Waals surface area contributed by atoms with E-state index in [9.17, 15) is 12.8 Å². The lowest BCUT2D eigenvalue weighted by Crippen LogP contribution is -2.38. The second-order valence-electron chi connectivity index (χ2n) is 6.24. The molecule has 1 saturated heterocycles. The van der Waals surface area contributed by atoms with E-state index in [1.807, 2.05) is 12.1 Å². The third-order valence-corrected chi connectivity index (χ3v) is 5.69. The molecule has 0 amide bonds. The highest BCUT2D eigenvalue weighted by Crippen LogP contribution is 2.25. The van der Waals surface area contributed by atoms with Gasteiger partial charge in [0.05, 0.1) is 18.1 Å². The zero-order valence-corrected chi connectivity index (χ0v) is 15.3. The number of sulfonamides is 1. The highest BCUT2D eigenvalue weighted by atomic mass is 32.2. The number of hydrogen-bond acceptors (Lipinski definition) is 5. The van der Waals surface area contributed by atoms with E-state index in [0.29, 0.717) is 5.75 Å². The van der Waals surface area contributed by atoms with Gasteiger partial charge in [-0.1, -0.05) is 0 Å². The second-order valence-corrected chi connectivity index (χ2v) is 8.17. The standard InChI is InChI=1S/C18H23FN2O4S/c19-15-5-7-16(8-6-15)24-12-13-26(22,23)20-14-17(18-4-3-11-25-18)21-9-1-2-10-21/h3-8,11,17,20H,1-2,9-10,12-14H2. The summed E-state index contributed by atoms with van der Waals surface area (Å²) < 4.78 is 50.9. The molecular weight excluding hydrogens is 359 g/mol. The van der Waals surface area contributed by atoms with Gasteiger partial charge in [0.25, 0.3) is 0 Å². The van der Waals surface area contributed by atoms with Crippen molar-refractivity contribution in [2.45, 2.75) is 18.9 Å². The number of ether oxygens (including phenoxy) is 1. The number of hydrogen-bond donors (Lipinski definition) is 1. The molecule has 2 heterocycles. The Morgan fingerprint density at radius 1 is 1.19 bits per heavy atom. The summed E-state index contributed by atoms with van der Waals surface area (Å²) in [5.74, 6) is 0.664. The number of nitrogens with zero attached hydrogens (tertiary/aromatic N) is 1. The Labute approximate surface area is 153 Å². The maximum atomic E-state index is 12.8. The van der Waals surface area contributed by atoms with E-state index in [0.717, 1.165) is 31.7 Å². The summed E-state index contributed by atoms with van der Waals surface area (Å²) in [6.45, 7) is 2.12. The van der Waals surface area contributed by atoms with Crippen LogP contribution >= 0.6 is 0 Å². The summed E-state index contributed by atoms with van der Waals surface area (Å²) in [6, 6.07) is 9.04. The lowest BCUT2D eigenvalue weighted by atomic mass is 10.2. The van der Waals surface area contributed by atoms with Crippen molar-refractivity contribution in [3.05, 3.63) is 54.2 Å². The van der Waals surface area contributed by atoms with Crippen molar-refractivity contribution in [1.82, 2.24) is 9.62 Å². The maximum Gasteiger partial charge on any atom is 0.215 e. The SMILES string of the molecule is O=S(=O)(CCOc1ccc(F)cc1)NCC(c1ccco1)N1CCCC1. The van der Waals surface area contributed by atoms with Gasteiger partial charge in [0.2, 0.25) is 10.0 Å². The van der Waals surface area contributed by atoms with Crippen LogP contribution in [0.3, 0.4) is 0 Å². The minimum Gasteiger partial charge on any atom is -0.492 e. The fourth-order valence-corrected chi connectivity index (χ4v) is 3.88. The molecule has 0 bridgehead atoms. The normalized spacial score (nSPS) is 16.7. The average molecular weight is 382 g/mol. The lowest BCUT2D eigenvalue weighted by molar-refractivity contribution is 0.216. The van der Waals surface area contributed by atoms with Gasteiger partial charge in [-0.25, -0.2) is 17.5 Å². The summed E-state index contributed by atoms with van der Waals surface area (Å²) in [4.78, 5) is 2.23. The van der Waals surface area contributed by atoms with Gasteiger partial charge in [0.1, 0.15) is 23.9 Å². The van der Waals surface area contributed by atoms with Gasteiger partial charge in [0, 0.05) is 6.54 Å². The van der Waals surface area contributed by atoms with Crippen LogP contribution < -0.4 is 9.46 Å². The van der Waals surface area contributed by atoms with E-state index in [-0.39, 0.29) is 30.8 Å². The van der Waals surface area contributed by atoms with E-state index < -0.39 is 10.0 Å². The molecule has 3 rings (SSSR count). The zero-order valence-electron chi connectivity index (χ0n) is 14.4. The molecule has 1 N–H and O–H groups in total. The summed E-state index contributed by atoms with van der Waals surface area (Å²) in [5, 5.41) is 0. The van der Waals surface area contributed by atoms with Crippen molar-refractivity contribution in [3.63, 3.8) is 0 Å². The van der Waals surface area contributed by atoms with Crippen LogP contribution in [0.1, 0.15) is 24.6 Å². The number of likely N-dealkylation sites (tertiary alicyclic amines) is 1. The van der Waals surface area contributed by atoms with Crippen LogP contribution in [0.2, 0.25) is 0 Å². The topological polar surface area (TPSA) is 71.8 Å². The molecule has 0 spiro atoms. The van der Waals surface area contributed by atoms with Crippen molar-refractivity contribution in [3.8, 4) is 5.75 Å². The largest absolute Gasteiger partial charge is 0.492 e. The first-order valence-corrected chi connectivity index (χ1v) is 10.3. The molecule has 1 unspecified atom stereocenters. The van der Waals surface area contributed by atoms with Gasteiger partial charge < -0.3 is 9.15 Å². The molecule has 1 aromatic heterocycles. The number of halogens is 1. The van der Waals surface area contributed by atoms with Gasteiger partial charge in [-0.15, -0.1) is 0 Å². The molecule has 142 valence electrons. The number of furan rings is 1. The molecule has 1 fully saturated rings. The molecular formula is C18H23FN2O4S. The van der Waals surface area contributed by atoms with Crippen molar-refractivity contribution in [2.75, 3.05) is 32.0 Å². The van der Waals surface area contributed by atoms with Crippen LogP contribution in [-0.4, -0.2) is 45.3 Å². The molecule has 6 nitrogen and oxygen atoms in total. The highest BCUT2D eigenvalue weighted by Gasteiger charge is 2.26. The van der Waals surface area contributed by atoms with Crippen LogP contribution in [-0.2, 0) is 10.0 Å². The number of rotatable bonds is 9. The quantitative estimate of drug-likeness (QED) is 0.722. The molecule has 1 aliphatic rings. The van der Waals surface area contributed by atoms with Crippen LogP contribution in [0.5, 0.6) is 5.75 Å². The van der Waals surface area contributed by atoms with Gasteiger partial charge >= 0.3 is 0 Å². The van der Waals surface area contributed by atoms with E-state index in [1.54, 1.807) is 6.26 Å². The smallest absolute Gasteiger partial charge is 0.215 e. The molecule has 0 radical (unpaired) electrons. The Hall–Kier alpha value is -1.90. The summed E-state index contributed by atoms with van der Waals surface area (Å²) >= 11 is 0. The van der Waals surface area contributed by atoms with Crippen molar-refractivity contribution >= 4 is 10.0 Å². The summed E-state index contributed by atoms with van der Waals surface area (Å²) in [6.07, 6.45) is 3.81. The Bertz CT molecular complexity index is 772. The second kappa shape index (κ2) is 8.66. The molecule has 2 aromatic rings. The van der Waals surface area contributed by atoms with Crippen molar-refractivity contribution in [2.24, 2.45) is 0 Å². The van der Waals surface area contributed by atoms with E-state index in [1.165, 1.54) is 24.3 Å². The first-order chi connectivity index (χ1) is 12.5. The van der Waals surface area contributed by atoms with Crippen molar-refractivity contribution < 1.29 is 22.0 Å². The highest BCUT2D eigenvalue weighted by molar-refractivity contribution is 7.89. The maximum absolute atomic E-state index is 12.8. The Morgan fingerprint density at radius 3 is 2.58 bits per heavy atom. The van der Waals surface area contributed by atoms with E-state index in [4.69, 9.17) is 9.15 Å². The molecule has 0 saturated carbocycles. The predicted molar refractivity (Wildman–Crippen MR) is 95.9 cm³/mol. The third-order valence-electron chi connectivity index (χ3n) is 4.38. The van der Waals surface area contributed by atoms with E-state index >= 15 is 0 Å². The molecule has 26 heavy (non-hydrogen) atoms. The van der Waals surface area contributed by atoms with Crippen LogP contribution in [0.15, 0.2) is 47.1 Å². The minimum absolute atomic E-state index is 0.00387. The lowest BCUT2D eigenvalue weighted by Gasteiger charge is -2.25. The average Bonchev–Trinajstić information content (AvgIpc) is 3.31. The minimum atomic E-state index is -3.49. The predicted octanol–water partition coefficient (Wildman–Crippen LogP) is 2.55. The third kappa shape index (κ3) is 5.30.